The van der Waals surface area contributed by atoms with E-state index in [-0.39, 0.29) is 18.4 Å². The number of anilines is 2. The predicted octanol–water partition coefficient (Wildman–Crippen LogP) is 1.53. The van der Waals surface area contributed by atoms with E-state index in [2.05, 4.69) is 15.6 Å². The van der Waals surface area contributed by atoms with E-state index in [0.717, 1.165) is 15.6 Å². The molecule has 1 aliphatic heterocycles. The third-order valence-corrected chi connectivity index (χ3v) is 4.98. The lowest BCUT2D eigenvalue weighted by Crippen LogP contribution is -2.23. The Hall–Kier alpha value is -2.81. The molecule has 1 unspecified atom stereocenters. The van der Waals surface area contributed by atoms with Crippen molar-refractivity contribution in [3.8, 4) is 11.5 Å². The molecule has 25 heavy (non-hydrogen) atoms. The predicted molar refractivity (Wildman–Crippen MR) is 94.4 cm³/mol. The quantitative estimate of drug-likeness (QED) is 0.718. The van der Waals surface area contributed by atoms with Crippen LogP contribution in [0, 0.1) is 0 Å². The third-order valence-electron chi connectivity index (χ3n) is 3.79. The molecule has 2 aromatic rings. The van der Waals surface area contributed by atoms with Crippen LogP contribution in [-0.4, -0.2) is 37.6 Å². The fourth-order valence-electron chi connectivity index (χ4n) is 2.67. The van der Waals surface area contributed by atoms with Gasteiger partial charge in [0.15, 0.2) is 23.2 Å². The number of benzene rings is 1. The zero-order valence-corrected chi connectivity index (χ0v) is 14.6. The van der Waals surface area contributed by atoms with Crippen molar-refractivity contribution < 1.29 is 19.1 Å². The lowest BCUT2D eigenvalue weighted by atomic mass is 9.91. The summed E-state index contributed by atoms with van der Waals surface area (Å²) < 4.78 is 10.7. The van der Waals surface area contributed by atoms with Crippen LogP contribution in [0.25, 0.3) is 0 Å². The maximum absolute atomic E-state index is 12.0. The Morgan fingerprint density at radius 3 is 2.96 bits per heavy atom. The van der Waals surface area contributed by atoms with Crippen LogP contribution in [-0.2, 0) is 9.59 Å². The molecule has 0 bridgehead atoms. The van der Waals surface area contributed by atoms with Crippen LogP contribution in [0.4, 0.5) is 10.9 Å². The van der Waals surface area contributed by atoms with E-state index in [1.54, 1.807) is 19.2 Å². The molecule has 2 amide bonds. The Morgan fingerprint density at radius 1 is 1.48 bits per heavy atom. The summed E-state index contributed by atoms with van der Waals surface area (Å²) >= 11 is 1.49. The van der Waals surface area contributed by atoms with Gasteiger partial charge in [0.2, 0.25) is 5.91 Å². The van der Waals surface area contributed by atoms with Crippen LogP contribution in [0.2, 0.25) is 0 Å². The van der Waals surface area contributed by atoms with Gasteiger partial charge in [0.25, 0.3) is 5.91 Å². The van der Waals surface area contributed by atoms with Crippen LogP contribution >= 0.6 is 11.3 Å². The van der Waals surface area contributed by atoms with Gasteiger partial charge in [-0.05, 0) is 17.7 Å². The number of primary amides is 1. The van der Waals surface area contributed by atoms with Crippen molar-refractivity contribution in [2.75, 3.05) is 31.4 Å². The van der Waals surface area contributed by atoms with Crippen molar-refractivity contribution in [3.05, 3.63) is 28.6 Å². The summed E-state index contributed by atoms with van der Waals surface area (Å²) in [5, 5.41) is 6.52. The molecule has 4 N–H and O–H groups in total. The highest BCUT2D eigenvalue weighted by atomic mass is 32.1. The number of carbonyl (C=O) groups excluding carboxylic acids is 2. The van der Waals surface area contributed by atoms with E-state index < -0.39 is 5.91 Å². The molecule has 0 saturated heterocycles. The summed E-state index contributed by atoms with van der Waals surface area (Å²) in [6, 6.07) is 5.40. The molecule has 0 fully saturated rings. The molecule has 0 radical (unpaired) electrons. The number of methoxy groups -OCH3 is 1. The lowest BCUT2D eigenvalue weighted by Gasteiger charge is -2.22. The van der Waals surface area contributed by atoms with Gasteiger partial charge in [-0.2, -0.15) is 0 Å². The van der Waals surface area contributed by atoms with Gasteiger partial charge in [0.1, 0.15) is 5.82 Å². The second kappa shape index (κ2) is 6.98. The fourth-order valence-corrected chi connectivity index (χ4v) is 3.67. The summed E-state index contributed by atoms with van der Waals surface area (Å²) in [5.74, 6) is 0.653. The average molecular weight is 362 g/mol. The monoisotopic (exact) mass is 362 g/mol. The Morgan fingerprint density at radius 2 is 2.28 bits per heavy atom. The van der Waals surface area contributed by atoms with E-state index in [4.69, 9.17) is 15.2 Å². The third kappa shape index (κ3) is 3.50. The maximum atomic E-state index is 12.0. The molecule has 132 valence electrons. The average Bonchev–Trinajstić information content (AvgIpc) is 3.01. The molecule has 1 aliphatic rings. The second-order valence-corrected chi connectivity index (χ2v) is 6.48. The summed E-state index contributed by atoms with van der Waals surface area (Å²) in [4.78, 5) is 28.4. The highest BCUT2D eigenvalue weighted by Gasteiger charge is 2.30. The standard InChI is InChI=1S/C16H18N4O4S/c1-18-16-20-15-14(25-16)9(6-13(22)19-15)8-3-4-10(23-2)11(5-8)24-7-12(17)21/h3-5,9H,6-7H2,1-2H3,(H2,17,21)(H,18,20)(H,19,22). The zero-order chi connectivity index (χ0) is 18.0. The Balaban J connectivity index is 1.98. The SMILES string of the molecule is CNc1nc2c(s1)C(c1ccc(OC)c(OCC(N)=O)c1)CC(=O)N2. The first-order valence-corrected chi connectivity index (χ1v) is 8.40. The smallest absolute Gasteiger partial charge is 0.255 e. The number of ether oxygens (including phenoxy) is 2. The molecule has 0 spiro atoms. The largest absolute Gasteiger partial charge is 0.493 e. The van der Waals surface area contributed by atoms with Gasteiger partial charge in [-0.3, -0.25) is 9.59 Å². The van der Waals surface area contributed by atoms with Crippen molar-refractivity contribution in [2.24, 2.45) is 5.73 Å². The number of hydrogen-bond acceptors (Lipinski definition) is 7. The number of aromatic nitrogens is 1. The zero-order valence-electron chi connectivity index (χ0n) is 13.8. The number of carbonyl (C=O) groups is 2. The van der Waals surface area contributed by atoms with Gasteiger partial charge >= 0.3 is 0 Å². The minimum Gasteiger partial charge on any atom is -0.493 e. The van der Waals surface area contributed by atoms with Gasteiger partial charge in [0.05, 0.1) is 12.0 Å². The number of nitrogens with two attached hydrogens (primary N) is 1. The van der Waals surface area contributed by atoms with Gasteiger partial charge in [-0.25, -0.2) is 4.98 Å². The van der Waals surface area contributed by atoms with Gasteiger partial charge < -0.3 is 25.8 Å². The minimum absolute atomic E-state index is 0.0964. The van der Waals surface area contributed by atoms with Gasteiger partial charge in [0, 0.05) is 19.4 Å². The number of hydrogen-bond donors (Lipinski definition) is 3. The maximum Gasteiger partial charge on any atom is 0.255 e. The first-order valence-electron chi connectivity index (χ1n) is 7.59. The van der Waals surface area contributed by atoms with Crippen molar-refractivity contribution in [3.63, 3.8) is 0 Å². The van der Waals surface area contributed by atoms with E-state index in [0.29, 0.717) is 23.7 Å². The normalized spacial score (nSPS) is 15.9. The Bertz CT molecular complexity index is 820. The number of amides is 2. The van der Waals surface area contributed by atoms with Crippen molar-refractivity contribution in [1.29, 1.82) is 0 Å². The molecular formula is C16H18N4O4S. The summed E-state index contributed by atoms with van der Waals surface area (Å²) in [7, 11) is 3.30. The summed E-state index contributed by atoms with van der Waals surface area (Å²) in [6.45, 7) is -0.249. The first-order chi connectivity index (χ1) is 12.0. The van der Waals surface area contributed by atoms with E-state index in [1.165, 1.54) is 18.4 Å². The number of thiazole rings is 1. The molecular weight excluding hydrogens is 344 g/mol. The molecule has 9 heteroatoms. The topological polar surface area (TPSA) is 116 Å². The number of nitrogens with zero attached hydrogens (tertiary/aromatic N) is 1. The molecule has 8 nitrogen and oxygen atoms in total. The van der Waals surface area contributed by atoms with E-state index >= 15 is 0 Å². The van der Waals surface area contributed by atoms with Crippen molar-refractivity contribution in [2.45, 2.75) is 12.3 Å². The van der Waals surface area contributed by atoms with Crippen LogP contribution in [0.15, 0.2) is 18.2 Å². The van der Waals surface area contributed by atoms with Crippen LogP contribution in [0.5, 0.6) is 11.5 Å². The van der Waals surface area contributed by atoms with Crippen LogP contribution in [0.1, 0.15) is 22.8 Å². The van der Waals surface area contributed by atoms with Crippen LogP contribution < -0.4 is 25.8 Å². The molecule has 1 atom stereocenters. The van der Waals surface area contributed by atoms with Crippen molar-refractivity contribution >= 4 is 34.1 Å². The second-order valence-electron chi connectivity index (χ2n) is 5.45. The number of rotatable bonds is 6. The highest BCUT2D eigenvalue weighted by molar-refractivity contribution is 7.16. The van der Waals surface area contributed by atoms with Gasteiger partial charge in [-0.15, -0.1) is 0 Å². The van der Waals surface area contributed by atoms with Crippen molar-refractivity contribution in [1.82, 2.24) is 4.98 Å². The Kier molecular flexibility index (Phi) is 4.75. The first kappa shape index (κ1) is 17.0. The highest BCUT2D eigenvalue weighted by Crippen LogP contribution is 2.43. The number of fused-ring (bicyclic) bond motifs is 1. The molecule has 2 heterocycles. The van der Waals surface area contributed by atoms with E-state index in [1.807, 2.05) is 6.07 Å². The Labute approximate surface area is 148 Å². The molecule has 0 saturated carbocycles. The molecule has 0 aliphatic carbocycles. The molecule has 1 aromatic carbocycles. The lowest BCUT2D eigenvalue weighted by molar-refractivity contribution is -0.120. The molecule has 3 rings (SSSR count). The minimum atomic E-state index is -0.576. The fraction of sp³-hybridized carbons (Fsp3) is 0.312. The summed E-state index contributed by atoms with van der Waals surface area (Å²) in [5.41, 5.74) is 6.02. The van der Waals surface area contributed by atoms with E-state index in [9.17, 15) is 9.59 Å². The van der Waals surface area contributed by atoms with Crippen LogP contribution in [0.3, 0.4) is 0 Å². The van der Waals surface area contributed by atoms with Gasteiger partial charge in [-0.1, -0.05) is 17.4 Å². The number of nitrogens with one attached hydrogen (secondary N) is 2. The molecule has 1 aromatic heterocycles. The summed E-state index contributed by atoms with van der Waals surface area (Å²) in [6.07, 6.45) is 0.305.